The average molecular weight is 353 g/mol. The number of carbonyl (C=O) groups excluding carboxylic acids is 1. The zero-order valence-corrected chi connectivity index (χ0v) is 14.3. The number of hydrogen-bond acceptors (Lipinski definition) is 3. The predicted molar refractivity (Wildman–Crippen MR) is 96.1 cm³/mol. The van der Waals surface area contributed by atoms with E-state index >= 15 is 0 Å². The van der Waals surface area contributed by atoms with Crippen LogP contribution in [0.4, 0.5) is 4.39 Å². The van der Waals surface area contributed by atoms with Crippen LogP contribution in [0.25, 0.3) is 0 Å². The number of nitrogens with one attached hydrogen (secondary N) is 1. The number of ether oxygens (including phenoxy) is 1. The first-order chi connectivity index (χ1) is 12.7. The van der Waals surface area contributed by atoms with Gasteiger partial charge in [0, 0.05) is 25.5 Å². The molecule has 0 aliphatic rings. The molecule has 5 nitrogen and oxygen atoms in total. The third-order valence-electron chi connectivity index (χ3n) is 3.85. The van der Waals surface area contributed by atoms with E-state index in [1.807, 2.05) is 35.0 Å². The van der Waals surface area contributed by atoms with Crippen LogP contribution in [0.2, 0.25) is 0 Å². The Bertz CT molecular complexity index is 815. The Morgan fingerprint density at radius 1 is 1.08 bits per heavy atom. The van der Waals surface area contributed by atoms with Crippen molar-refractivity contribution in [2.75, 3.05) is 6.61 Å². The second-order valence-corrected chi connectivity index (χ2v) is 5.88. The topological polar surface area (TPSA) is 56.1 Å². The molecule has 1 heterocycles. The lowest BCUT2D eigenvalue weighted by Crippen LogP contribution is -2.24. The average Bonchev–Trinajstić information content (AvgIpc) is 3.16. The van der Waals surface area contributed by atoms with E-state index in [1.165, 1.54) is 17.7 Å². The van der Waals surface area contributed by atoms with E-state index in [2.05, 4.69) is 10.3 Å². The molecule has 0 aliphatic heterocycles. The summed E-state index contributed by atoms with van der Waals surface area (Å²) in [5.74, 6) is 0.147. The second kappa shape index (κ2) is 8.80. The molecule has 1 aromatic heterocycles. The van der Waals surface area contributed by atoms with Gasteiger partial charge in [0.05, 0.1) is 19.4 Å². The highest BCUT2D eigenvalue weighted by Crippen LogP contribution is 2.11. The number of imidazole rings is 1. The normalized spacial score (nSPS) is 10.5. The molecular formula is C20H20FN3O2. The number of rotatable bonds is 8. The van der Waals surface area contributed by atoms with Crippen molar-refractivity contribution in [1.82, 2.24) is 14.9 Å². The van der Waals surface area contributed by atoms with Gasteiger partial charge in [-0.1, -0.05) is 24.3 Å². The maximum absolute atomic E-state index is 12.8. The first-order valence-electron chi connectivity index (χ1n) is 8.38. The Morgan fingerprint density at radius 2 is 1.81 bits per heavy atom. The number of hydrogen-bond donors (Lipinski definition) is 1. The van der Waals surface area contributed by atoms with Crippen molar-refractivity contribution in [2.45, 2.75) is 19.5 Å². The van der Waals surface area contributed by atoms with Crippen molar-refractivity contribution in [3.8, 4) is 5.75 Å². The maximum Gasteiger partial charge on any atom is 0.223 e. The highest BCUT2D eigenvalue weighted by Gasteiger charge is 2.03. The fourth-order valence-corrected chi connectivity index (χ4v) is 2.44. The molecule has 0 radical (unpaired) electrons. The van der Waals surface area contributed by atoms with Gasteiger partial charge in [-0.05, 0) is 35.4 Å². The summed E-state index contributed by atoms with van der Waals surface area (Å²) in [5.41, 5.74) is 2.21. The van der Waals surface area contributed by atoms with E-state index in [9.17, 15) is 9.18 Å². The first-order valence-corrected chi connectivity index (χ1v) is 8.38. The van der Waals surface area contributed by atoms with Crippen LogP contribution in [0.15, 0.2) is 67.3 Å². The molecule has 0 fully saturated rings. The quantitative estimate of drug-likeness (QED) is 0.677. The molecule has 1 N–H and O–H groups in total. The van der Waals surface area contributed by atoms with Gasteiger partial charge in [-0.15, -0.1) is 0 Å². The minimum atomic E-state index is -0.314. The molecule has 0 aliphatic carbocycles. The molecule has 0 saturated heterocycles. The molecule has 0 spiro atoms. The molecule has 0 bridgehead atoms. The summed E-state index contributed by atoms with van der Waals surface area (Å²) in [6, 6.07) is 13.8. The van der Waals surface area contributed by atoms with E-state index in [1.54, 1.807) is 24.7 Å². The molecule has 26 heavy (non-hydrogen) atoms. The van der Waals surface area contributed by atoms with Crippen molar-refractivity contribution in [3.63, 3.8) is 0 Å². The summed E-state index contributed by atoms with van der Waals surface area (Å²) >= 11 is 0. The number of amides is 1. The molecule has 0 atom stereocenters. The summed E-state index contributed by atoms with van der Waals surface area (Å²) in [7, 11) is 0. The van der Waals surface area contributed by atoms with Gasteiger partial charge < -0.3 is 14.6 Å². The zero-order chi connectivity index (χ0) is 18.2. The van der Waals surface area contributed by atoms with Crippen molar-refractivity contribution in [1.29, 1.82) is 0 Å². The SMILES string of the molecule is O=C(CCOc1ccc(F)cc1)NCc1ccc(Cn2ccnc2)cc1. The van der Waals surface area contributed by atoms with Gasteiger partial charge in [0.2, 0.25) is 5.91 Å². The highest BCUT2D eigenvalue weighted by atomic mass is 19.1. The van der Waals surface area contributed by atoms with Gasteiger partial charge in [0.15, 0.2) is 0 Å². The van der Waals surface area contributed by atoms with Gasteiger partial charge in [0.1, 0.15) is 11.6 Å². The lowest BCUT2D eigenvalue weighted by molar-refractivity contribution is -0.121. The molecule has 1 amide bonds. The fraction of sp³-hybridized carbons (Fsp3) is 0.200. The highest BCUT2D eigenvalue weighted by molar-refractivity contribution is 5.76. The van der Waals surface area contributed by atoms with Crippen molar-refractivity contribution >= 4 is 5.91 Å². The second-order valence-electron chi connectivity index (χ2n) is 5.88. The molecule has 0 saturated carbocycles. The van der Waals surface area contributed by atoms with Crippen molar-refractivity contribution in [2.24, 2.45) is 0 Å². The van der Waals surface area contributed by atoms with Gasteiger partial charge in [0.25, 0.3) is 0 Å². The van der Waals surface area contributed by atoms with Gasteiger partial charge in [-0.3, -0.25) is 4.79 Å². The van der Waals surface area contributed by atoms with Crippen LogP contribution in [0.5, 0.6) is 5.75 Å². The van der Waals surface area contributed by atoms with E-state index in [4.69, 9.17) is 4.74 Å². The van der Waals surface area contributed by atoms with E-state index < -0.39 is 0 Å². The van der Waals surface area contributed by atoms with Crippen LogP contribution >= 0.6 is 0 Å². The Labute approximate surface area is 151 Å². The Balaban J connectivity index is 1.37. The smallest absolute Gasteiger partial charge is 0.223 e. The zero-order valence-electron chi connectivity index (χ0n) is 14.3. The van der Waals surface area contributed by atoms with Gasteiger partial charge in [-0.2, -0.15) is 0 Å². The molecular weight excluding hydrogens is 333 g/mol. The van der Waals surface area contributed by atoms with Crippen LogP contribution < -0.4 is 10.1 Å². The van der Waals surface area contributed by atoms with E-state index in [0.29, 0.717) is 12.3 Å². The summed E-state index contributed by atoms with van der Waals surface area (Å²) < 4.78 is 20.2. The minimum absolute atomic E-state index is 0.0883. The Hall–Kier alpha value is -3.15. The number of halogens is 1. The van der Waals surface area contributed by atoms with E-state index in [0.717, 1.165) is 12.1 Å². The lowest BCUT2D eigenvalue weighted by atomic mass is 10.1. The lowest BCUT2D eigenvalue weighted by Gasteiger charge is -2.08. The Morgan fingerprint density at radius 3 is 2.50 bits per heavy atom. The number of aromatic nitrogens is 2. The molecule has 3 rings (SSSR count). The number of carbonyl (C=O) groups is 1. The van der Waals surface area contributed by atoms with Crippen LogP contribution in [-0.4, -0.2) is 22.1 Å². The Kier molecular flexibility index (Phi) is 5.98. The summed E-state index contributed by atoms with van der Waals surface area (Å²) in [6.07, 6.45) is 5.70. The molecule has 6 heteroatoms. The minimum Gasteiger partial charge on any atom is -0.493 e. The fourth-order valence-electron chi connectivity index (χ4n) is 2.44. The van der Waals surface area contributed by atoms with Gasteiger partial charge in [-0.25, -0.2) is 9.37 Å². The van der Waals surface area contributed by atoms with Crippen LogP contribution in [0.3, 0.4) is 0 Å². The first kappa shape index (κ1) is 17.7. The monoisotopic (exact) mass is 353 g/mol. The maximum atomic E-state index is 12.8. The standard InChI is InChI=1S/C20H20FN3O2/c21-18-5-7-19(8-6-18)26-12-9-20(25)23-13-16-1-3-17(4-2-16)14-24-11-10-22-15-24/h1-8,10-11,15H,9,12-14H2,(H,23,25). The van der Waals surface area contributed by atoms with Crippen molar-refractivity contribution < 1.29 is 13.9 Å². The van der Waals surface area contributed by atoms with Crippen LogP contribution in [-0.2, 0) is 17.9 Å². The molecule has 134 valence electrons. The third kappa shape index (κ3) is 5.44. The summed E-state index contributed by atoms with van der Waals surface area (Å²) in [5, 5.41) is 2.87. The summed E-state index contributed by atoms with van der Waals surface area (Å²) in [4.78, 5) is 15.9. The third-order valence-corrected chi connectivity index (χ3v) is 3.85. The predicted octanol–water partition coefficient (Wildman–Crippen LogP) is 3.16. The largest absolute Gasteiger partial charge is 0.493 e. The van der Waals surface area contributed by atoms with Crippen LogP contribution in [0.1, 0.15) is 17.5 Å². The molecule has 3 aromatic rings. The van der Waals surface area contributed by atoms with Crippen molar-refractivity contribution in [3.05, 3.63) is 84.2 Å². The van der Waals surface area contributed by atoms with E-state index in [-0.39, 0.29) is 24.8 Å². The van der Waals surface area contributed by atoms with Crippen LogP contribution in [0, 0.1) is 5.82 Å². The number of nitrogens with zero attached hydrogens (tertiary/aromatic N) is 2. The van der Waals surface area contributed by atoms with Gasteiger partial charge >= 0.3 is 0 Å². The summed E-state index contributed by atoms with van der Waals surface area (Å²) in [6.45, 7) is 1.50. The molecule has 0 unspecified atom stereocenters. The molecule has 2 aromatic carbocycles. The number of benzene rings is 2.